The van der Waals surface area contributed by atoms with Crippen molar-refractivity contribution in [1.29, 1.82) is 0 Å². The molecule has 0 amide bonds. The number of anilines is 2. The van der Waals surface area contributed by atoms with Crippen LogP contribution in [0.1, 0.15) is 26.2 Å². The summed E-state index contributed by atoms with van der Waals surface area (Å²) in [6, 6.07) is 2.14. The minimum Gasteiger partial charge on any atom is -0.384 e. The Morgan fingerprint density at radius 2 is 2.18 bits per heavy atom. The predicted molar refractivity (Wildman–Crippen MR) is 77.0 cm³/mol. The number of aromatic nitrogens is 1. The van der Waals surface area contributed by atoms with Gasteiger partial charge in [0.2, 0.25) is 0 Å². The van der Waals surface area contributed by atoms with Gasteiger partial charge in [-0.25, -0.2) is 0 Å². The molecule has 0 bridgehead atoms. The molecule has 1 aliphatic heterocycles. The van der Waals surface area contributed by atoms with Crippen LogP contribution in [0.25, 0.3) is 0 Å². The van der Waals surface area contributed by atoms with E-state index in [2.05, 4.69) is 40.4 Å². The lowest BCUT2D eigenvalue weighted by molar-refractivity contribution is 0.805. The Morgan fingerprint density at radius 3 is 2.88 bits per heavy atom. The zero-order valence-corrected chi connectivity index (χ0v) is 11.2. The van der Waals surface area contributed by atoms with Gasteiger partial charge in [-0.3, -0.25) is 4.98 Å². The number of nitrogens with one attached hydrogen (secondary N) is 2. The first-order valence-corrected chi connectivity index (χ1v) is 7.47. The van der Waals surface area contributed by atoms with Crippen molar-refractivity contribution in [3.8, 4) is 0 Å². The third-order valence-electron chi connectivity index (χ3n) is 2.88. The van der Waals surface area contributed by atoms with E-state index in [1.807, 2.05) is 12.4 Å². The summed E-state index contributed by atoms with van der Waals surface area (Å²) < 4.78 is 0. The highest BCUT2D eigenvalue weighted by Crippen LogP contribution is 2.26. The number of hydrogen-bond acceptors (Lipinski definition) is 4. The van der Waals surface area contributed by atoms with Gasteiger partial charge in [-0.1, -0.05) is 6.92 Å². The second-order valence-corrected chi connectivity index (χ2v) is 5.81. The maximum absolute atomic E-state index is 4.25. The fraction of sp³-hybridized carbons (Fsp3) is 0.615. The molecule has 1 aromatic heterocycles. The minimum absolute atomic E-state index is 0.780. The summed E-state index contributed by atoms with van der Waals surface area (Å²) >= 11 is 2.08. The molecule has 0 aromatic carbocycles. The van der Waals surface area contributed by atoms with Crippen molar-refractivity contribution >= 4 is 23.1 Å². The highest BCUT2D eigenvalue weighted by molar-refractivity contribution is 8.00. The van der Waals surface area contributed by atoms with Crippen LogP contribution in [-0.4, -0.2) is 29.1 Å². The Kier molecular flexibility index (Phi) is 4.98. The van der Waals surface area contributed by atoms with Crippen molar-refractivity contribution in [2.45, 2.75) is 31.4 Å². The van der Waals surface area contributed by atoms with Crippen LogP contribution in [0.4, 0.5) is 11.4 Å². The summed E-state index contributed by atoms with van der Waals surface area (Å²) in [4.78, 5) is 4.25. The molecule has 0 saturated carbocycles. The lowest BCUT2D eigenvalue weighted by atomic mass is 10.2. The zero-order valence-electron chi connectivity index (χ0n) is 10.4. The van der Waals surface area contributed by atoms with Crippen molar-refractivity contribution < 1.29 is 0 Å². The zero-order chi connectivity index (χ0) is 11.9. The molecule has 2 heterocycles. The summed E-state index contributed by atoms with van der Waals surface area (Å²) in [6.07, 6.45) is 7.63. The molecule has 1 aromatic rings. The fourth-order valence-corrected chi connectivity index (χ4v) is 3.14. The van der Waals surface area contributed by atoms with Gasteiger partial charge in [0.15, 0.2) is 0 Å². The van der Waals surface area contributed by atoms with Crippen molar-refractivity contribution in [3.63, 3.8) is 0 Å². The van der Waals surface area contributed by atoms with Crippen molar-refractivity contribution in [2.24, 2.45) is 0 Å². The van der Waals surface area contributed by atoms with Crippen LogP contribution in [0.2, 0.25) is 0 Å². The monoisotopic (exact) mass is 251 g/mol. The van der Waals surface area contributed by atoms with Gasteiger partial charge in [0.1, 0.15) is 0 Å². The summed E-state index contributed by atoms with van der Waals surface area (Å²) in [5.41, 5.74) is 2.23. The van der Waals surface area contributed by atoms with E-state index < -0.39 is 0 Å². The lowest BCUT2D eigenvalue weighted by Crippen LogP contribution is -2.13. The van der Waals surface area contributed by atoms with Gasteiger partial charge in [-0.15, -0.1) is 0 Å². The molecule has 94 valence electrons. The Balaban J connectivity index is 1.82. The average molecular weight is 251 g/mol. The van der Waals surface area contributed by atoms with Crippen LogP contribution in [0.3, 0.4) is 0 Å². The second kappa shape index (κ2) is 6.74. The molecule has 0 spiro atoms. The van der Waals surface area contributed by atoms with Gasteiger partial charge in [0, 0.05) is 18.3 Å². The maximum atomic E-state index is 4.25. The third-order valence-corrected chi connectivity index (χ3v) is 4.27. The van der Waals surface area contributed by atoms with Crippen LogP contribution < -0.4 is 10.6 Å². The maximum Gasteiger partial charge on any atom is 0.0547 e. The smallest absolute Gasteiger partial charge is 0.0547 e. The van der Waals surface area contributed by atoms with Gasteiger partial charge >= 0.3 is 0 Å². The summed E-state index contributed by atoms with van der Waals surface area (Å²) in [5, 5.41) is 7.61. The second-order valence-electron chi connectivity index (χ2n) is 4.40. The molecule has 1 saturated heterocycles. The molecule has 0 aliphatic carbocycles. The summed E-state index contributed by atoms with van der Waals surface area (Å²) in [6.45, 7) is 4.23. The van der Waals surface area contributed by atoms with E-state index in [0.29, 0.717) is 0 Å². The fourth-order valence-electron chi connectivity index (χ4n) is 1.94. The van der Waals surface area contributed by atoms with E-state index in [-0.39, 0.29) is 0 Å². The molecule has 2 N–H and O–H groups in total. The normalized spacial score (nSPS) is 19.2. The quantitative estimate of drug-likeness (QED) is 0.814. The van der Waals surface area contributed by atoms with Crippen LogP contribution in [0.15, 0.2) is 18.5 Å². The first-order valence-electron chi connectivity index (χ1n) is 6.43. The van der Waals surface area contributed by atoms with Crippen LogP contribution in [0, 0.1) is 0 Å². The van der Waals surface area contributed by atoms with Gasteiger partial charge < -0.3 is 10.6 Å². The Hall–Kier alpha value is -0.900. The largest absolute Gasteiger partial charge is 0.384 e. The molecular weight excluding hydrogens is 230 g/mol. The topological polar surface area (TPSA) is 37.0 Å². The number of pyridine rings is 1. The van der Waals surface area contributed by atoms with Crippen molar-refractivity contribution in [2.75, 3.05) is 29.5 Å². The SMILES string of the molecule is CCCNc1cncc(NCC2CCCS2)c1. The number of hydrogen-bond donors (Lipinski definition) is 2. The minimum atomic E-state index is 0.780. The highest BCUT2D eigenvalue weighted by atomic mass is 32.2. The first kappa shape index (κ1) is 12.6. The molecular formula is C13H21N3S. The van der Waals surface area contributed by atoms with Crippen LogP contribution >= 0.6 is 11.8 Å². The molecule has 17 heavy (non-hydrogen) atoms. The van der Waals surface area contributed by atoms with Gasteiger partial charge in [-0.05, 0) is 31.1 Å². The Morgan fingerprint density at radius 1 is 1.35 bits per heavy atom. The molecule has 2 rings (SSSR count). The highest BCUT2D eigenvalue weighted by Gasteiger charge is 2.14. The lowest BCUT2D eigenvalue weighted by Gasteiger charge is -2.12. The molecule has 1 aliphatic rings. The number of thioether (sulfide) groups is 1. The molecule has 1 atom stereocenters. The van der Waals surface area contributed by atoms with E-state index in [9.17, 15) is 0 Å². The van der Waals surface area contributed by atoms with E-state index in [0.717, 1.165) is 36.1 Å². The molecule has 1 fully saturated rings. The first-order chi connectivity index (χ1) is 8.38. The van der Waals surface area contributed by atoms with E-state index in [1.165, 1.54) is 18.6 Å². The van der Waals surface area contributed by atoms with Gasteiger partial charge in [0.25, 0.3) is 0 Å². The van der Waals surface area contributed by atoms with E-state index in [4.69, 9.17) is 0 Å². The van der Waals surface area contributed by atoms with Crippen LogP contribution in [0.5, 0.6) is 0 Å². The Labute approximate surface area is 108 Å². The standard InChI is InChI=1S/C13H21N3S/c1-2-5-15-11-7-12(9-14-8-11)16-10-13-4-3-6-17-13/h7-9,13,15-16H,2-6,10H2,1H3. The van der Waals surface area contributed by atoms with Gasteiger partial charge in [-0.2, -0.15) is 11.8 Å². The van der Waals surface area contributed by atoms with Crippen molar-refractivity contribution in [1.82, 2.24) is 4.98 Å². The Bertz CT molecular complexity index is 337. The van der Waals surface area contributed by atoms with E-state index >= 15 is 0 Å². The van der Waals surface area contributed by atoms with Crippen LogP contribution in [-0.2, 0) is 0 Å². The van der Waals surface area contributed by atoms with Gasteiger partial charge in [0.05, 0.1) is 23.8 Å². The summed E-state index contributed by atoms with van der Waals surface area (Å²) in [7, 11) is 0. The number of nitrogens with zero attached hydrogens (tertiary/aromatic N) is 1. The number of rotatable bonds is 6. The average Bonchev–Trinajstić information content (AvgIpc) is 2.87. The van der Waals surface area contributed by atoms with Crippen molar-refractivity contribution in [3.05, 3.63) is 18.5 Å². The molecule has 4 heteroatoms. The molecule has 1 unspecified atom stereocenters. The van der Waals surface area contributed by atoms with E-state index in [1.54, 1.807) is 0 Å². The summed E-state index contributed by atoms with van der Waals surface area (Å²) in [5.74, 6) is 1.32. The third kappa shape index (κ3) is 4.11. The molecule has 0 radical (unpaired) electrons. The predicted octanol–water partition coefficient (Wildman–Crippen LogP) is 3.21. The molecule has 3 nitrogen and oxygen atoms in total.